The first-order valence-corrected chi connectivity index (χ1v) is 8.71. The molecule has 1 N–H and O–H groups in total. The summed E-state index contributed by atoms with van der Waals surface area (Å²) in [6.45, 7) is 4.82. The summed E-state index contributed by atoms with van der Waals surface area (Å²) in [4.78, 5) is 19.2. The van der Waals surface area contributed by atoms with E-state index in [9.17, 15) is 4.79 Å². The smallest absolute Gasteiger partial charge is 0.256 e. The summed E-state index contributed by atoms with van der Waals surface area (Å²) in [6, 6.07) is 10.2. The third kappa shape index (κ3) is 2.50. The van der Waals surface area contributed by atoms with Crippen molar-refractivity contribution in [3.63, 3.8) is 0 Å². The van der Waals surface area contributed by atoms with Crippen LogP contribution in [0.5, 0.6) is 0 Å². The number of nitrogens with one attached hydrogen (secondary N) is 1. The zero-order valence-corrected chi connectivity index (χ0v) is 14.3. The van der Waals surface area contributed by atoms with Crippen molar-refractivity contribution >= 4 is 17.5 Å². The van der Waals surface area contributed by atoms with Crippen molar-refractivity contribution in [2.75, 3.05) is 19.6 Å². The van der Waals surface area contributed by atoms with E-state index in [0.717, 1.165) is 19.6 Å². The number of benzene rings is 1. The van der Waals surface area contributed by atoms with Crippen LogP contribution in [0.15, 0.2) is 42.7 Å². The highest BCUT2D eigenvalue weighted by Gasteiger charge is 2.47. The van der Waals surface area contributed by atoms with E-state index in [4.69, 9.17) is 11.6 Å². The van der Waals surface area contributed by atoms with Crippen LogP contribution >= 0.6 is 11.6 Å². The molecular formula is C19H20ClN3O. The van der Waals surface area contributed by atoms with Crippen LogP contribution in [0.25, 0.3) is 0 Å². The van der Waals surface area contributed by atoms with Crippen LogP contribution in [-0.4, -0.2) is 35.4 Å². The van der Waals surface area contributed by atoms with Gasteiger partial charge < -0.3 is 10.2 Å². The van der Waals surface area contributed by atoms with Crippen molar-refractivity contribution in [3.05, 3.63) is 64.4 Å². The first-order chi connectivity index (χ1) is 11.7. The minimum atomic E-state index is 0.00468. The Morgan fingerprint density at radius 3 is 2.92 bits per heavy atom. The number of aromatic nitrogens is 1. The Kier molecular flexibility index (Phi) is 4.02. The van der Waals surface area contributed by atoms with Crippen LogP contribution in [0.3, 0.4) is 0 Å². The lowest BCUT2D eigenvalue weighted by Crippen LogP contribution is -2.35. The molecule has 2 aliphatic rings. The van der Waals surface area contributed by atoms with Crippen LogP contribution in [0, 0.1) is 18.8 Å². The second-order valence-electron chi connectivity index (χ2n) is 6.70. The van der Waals surface area contributed by atoms with Gasteiger partial charge in [-0.15, -0.1) is 0 Å². The number of aryl methyl sites for hydroxylation is 1. The van der Waals surface area contributed by atoms with Crippen molar-refractivity contribution in [2.45, 2.75) is 13.0 Å². The van der Waals surface area contributed by atoms with Crippen molar-refractivity contribution in [1.82, 2.24) is 15.2 Å². The van der Waals surface area contributed by atoms with Gasteiger partial charge in [-0.3, -0.25) is 9.78 Å². The SMILES string of the molecule is Cc1ccccc1[C@@H]1[C@H]2CNC[C@H]2CN1C(=O)c1ccncc1Cl. The molecule has 0 spiro atoms. The predicted octanol–water partition coefficient (Wildman–Crippen LogP) is 3.08. The molecule has 0 aliphatic carbocycles. The van der Waals surface area contributed by atoms with E-state index in [1.165, 1.54) is 17.3 Å². The highest BCUT2D eigenvalue weighted by atomic mass is 35.5. The maximum Gasteiger partial charge on any atom is 0.256 e. The highest BCUT2D eigenvalue weighted by molar-refractivity contribution is 6.33. The molecule has 24 heavy (non-hydrogen) atoms. The molecule has 0 saturated carbocycles. The van der Waals surface area contributed by atoms with E-state index in [2.05, 4.69) is 35.4 Å². The number of carbonyl (C=O) groups excluding carboxylic acids is 1. The summed E-state index contributed by atoms with van der Waals surface area (Å²) in [5.74, 6) is 0.958. The van der Waals surface area contributed by atoms with Gasteiger partial charge >= 0.3 is 0 Å². The molecule has 4 nitrogen and oxygen atoms in total. The molecular weight excluding hydrogens is 322 g/mol. The lowest BCUT2D eigenvalue weighted by Gasteiger charge is -2.30. The Bertz CT molecular complexity index is 779. The summed E-state index contributed by atoms with van der Waals surface area (Å²) < 4.78 is 0. The largest absolute Gasteiger partial charge is 0.331 e. The van der Waals surface area contributed by atoms with Crippen LogP contribution in [0.1, 0.15) is 27.5 Å². The first-order valence-electron chi connectivity index (χ1n) is 8.33. The molecule has 2 aliphatic heterocycles. The Balaban J connectivity index is 1.75. The van der Waals surface area contributed by atoms with Gasteiger partial charge in [0.25, 0.3) is 5.91 Å². The molecule has 0 bridgehead atoms. The summed E-state index contributed by atoms with van der Waals surface area (Å²) >= 11 is 6.22. The number of amides is 1. The van der Waals surface area contributed by atoms with Gasteiger partial charge in [0.1, 0.15) is 0 Å². The number of hydrogen-bond acceptors (Lipinski definition) is 3. The molecule has 124 valence electrons. The van der Waals surface area contributed by atoms with Gasteiger partial charge in [-0.1, -0.05) is 35.9 Å². The fraction of sp³-hybridized carbons (Fsp3) is 0.368. The molecule has 2 aromatic rings. The van der Waals surface area contributed by atoms with E-state index in [0.29, 0.717) is 22.4 Å². The van der Waals surface area contributed by atoms with E-state index in [1.54, 1.807) is 12.3 Å². The van der Waals surface area contributed by atoms with Crippen molar-refractivity contribution < 1.29 is 4.79 Å². The molecule has 0 radical (unpaired) electrons. The number of likely N-dealkylation sites (tertiary alicyclic amines) is 1. The minimum Gasteiger partial charge on any atom is -0.331 e. The third-order valence-electron chi connectivity index (χ3n) is 5.34. The van der Waals surface area contributed by atoms with Crippen LogP contribution in [0.2, 0.25) is 5.02 Å². The van der Waals surface area contributed by atoms with Crippen LogP contribution in [-0.2, 0) is 0 Å². The summed E-state index contributed by atoms with van der Waals surface area (Å²) in [5, 5.41) is 3.90. The number of nitrogens with zero attached hydrogens (tertiary/aromatic N) is 2. The standard InChI is InChI=1S/C19H20ClN3O/c1-12-4-2-3-5-14(12)18-16-9-22-8-13(16)11-23(18)19(24)15-6-7-21-10-17(15)20/h2-7,10,13,16,18,22H,8-9,11H2,1H3/t13-,16-,18+/m0/s1. The maximum absolute atomic E-state index is 13.2. The Morgan fingerprint density at radius 2 is 2.12 bits per heavy atom. The molecule has 2 fully saturated rings. The van der Waals surface area contributed by atoms with Gasteiger partial charge in [-0.05, 0) is 30.0 Å². The molecule has 1 amide bonds. The van der Waals surface area contributed by atoms with Crippen molar-refractivity contribution in [2.24, 2.45) is 11.8 Å². The average Bonchev–Trinajstić information content (AvgIpc) is 3.16. The van der Waals surface area contributed by atoms with Gasteiger partial charge in [0.15, 0.2) is 0 Å². The Hall–Kier alpha value is -1.91. The number of rotatable bonds is 2. The number of hydrogen-bond donors (Lipinski definition) is 1. The summed E-state index contributed by atoms with van der Waals surface area (Å²) in [7, 11) is 0. The molecule has 1 aromatic heterocycles. The summed E-state index contributed by atoms with van der Waals surface area (Å²) in [6.07, 6.45) is 3.16. The fourth-order valence-corrected chi connectivity index (χ4v) is 4.35. The summed E-state index contributed by atoms with van der Waals surface area (Å²) in [5.41, 5.74) is 3.01. The molecule has 3 atom stereocenters. The topological polar surface area (TPSA) is 45.2 Å². The molecule has 0 unspecified atom stereocenters. The highest BCUT2D eigenvalue weighted by Crippen LogP contribution is 2.44. The number of halogens is 1. The normalized spacial score (nSPS) is 25.8. The van der Waals surface area contributed by atoms with Crippen molar-refractivity contribution in [3.8, 4) is 0 Å². The van der Waals surface area contributed by atoms with Gasteiger partial charge in [-0.2, -0.15) is 0 Å². The predicted molar refractivity (Wildman–Crippen MR) is 94.1 cm³/mol. The minimum absolute atomic E-state index is 0.00468. The number of carbonyl (C=O) groups is 1. The maximum atomic E-state index is 13.2. The second kappa shape index (κ2) is 6.19. The van der Waals surface area contributed by atoms with Gasteiger partial charge in [-0.25, -0.2) is 0 Å². The van der Waals surface area contributed by atoms with Crippen molar-refractivity contribution in [1.29, 1.82) is 0 Å². The molecule has 4 rings (SSSR count). The second-order valence-corrected chi connectivity index (χ2v) is 7.10. The third-order valence-corrected chi connectivity index (χ3v) is 5.64. The number of pyridine rings is 1. The molecule has 3 heterocycles. The average molecular weight is 342 g/mol. The van der Waals surface area contributed by atoms with Gasteiger partial charge in [0, 0.05) is 37.9 Å². The molecule has 2 saturated heterocycles. The van der Waals surface area contributed by atoms with E-state index in [-0.39, 0.29) is 11.9 Å². The van der Waals surface area contributed by atoms with E-state index >= 15 is 0 Å². The Morgan fingerprint density at radius 1 is 1.29 bits per heavy atom. The quantitative estimate of drug-likeness (QED) is 0.913. The monoisotopic (exact) mass is 341 g/mol. The van der Waals surface area contributed by atoms with Crippen LogP contribution < -0.4 is 5.32 Å². The Labute approximate surface area is 146 Å². The van der Waals surface area contributed by atoms with E-state index < -0.39 is 0 Å². The zero-order valence-electron chi connectivity index (χ0n) is 13.6. The zero-order chi connectivity index (χ0) is 16.7. The lowest BCUT2D eigenvalue weighted by molar-refractivity contribution is 0.0713. The van der Waals surface area contributed by atoms with Gasteiger partial charge in [0.05, 0.1) is 16.6 Å². The van der Waals surface area contributed by atoms with E-state index in [1.807, 2.05) is 11.0 Å². The van der Waals surface area contributed by atoms with Gasteiger partial charge in [0.2, 0.25) is 0 Å². The molecule has 1 aromatic carbocycles. The fourth-order valence-electron chi connectivity index (χ4n) is 4.15. The lowest BCUT2D eigenvalue weighted by atomic mass is 9.87. The number of fused-ring (bicyclic) bond motifs is 1. The first kappa shape index (κ1) is 15.6. The van der Waals surface area contributed by atoms with Crippen LogP contribution in [0.4, 0.5) is 0 Å². The molecule has 5 heteroatoms.